The fourth-order valence-electron chi connectivity index (χ4n) is 3.31. The van der Waals surface area contributed by atoms with Crippen LogP contribution in [0.1, 0.15) is 34.8 Å². The Bertz CT molecular complexity index is 1050. The quantitative estimate of drug-likeness (QED) is 0.183. The molecule has 0 aliphatic carbocycles. The first kappa shape index (κ1) is 26.3. The minimum Gasteiger partial charge on any atom is -0.454 e. The lowest BCUT2D eigenvalue weighted by Gasteiger charge is -2.17. The molecule has 0 aromatic heterocycles. The summed E-state index contributed by atoms with van der Waals surface area (Å²) in [7, 11) is 0. The zero-order chi connectivity index (χ0) is 24.8. The van der Waals surface area contributed by atoms with E-state index in [4.69, 9.17) is 4.74 Å². The summed E-state index contributed by atoms with van der Waals surface area (Å²) in [4.78, 5) is 36.3. The average Bonchev–Trinajstić information content (AvgIpc) is 2.85. The molecule has 2 rings (SSSR count). The van der Waals surface area contributed by atoms with Crippen molar-refractivity contribution in [2.75, 3.05) is 5.32 Å². The van der Waals surface area contributed by atoms with Crippen molar-refractivity contribution in [3.05, 3.63) is 115 Å². The zero-order valence-electron chi connectivity index (χ0n) is 19.5. The summed E-state index contributed by atoms with van der Waals surface area (Å²) in [5.41, 5.74) is 3.09. The van der Waals surface area contributed by atoms with Crippen LogP contribution in [-0.2, 0) is 27.2 Å². The maximum Gasteiger partial charge on any atom is 0.306 e. The summed E-state index contributed by atoms with van der Waals surface area (Å²) in [6, 6.07) is 14.7. The van der Waals surface area contributed by atoms with E-state index in [9.17, 15) is 14.4 Å². The van der Waals surface area contributed by atoms with Gasteiger partial charge in [0.05, 0.1) is 0 Å². The van der Waals surface area contributed by atoms with Crippen molar-refractivity contribution in [2.45, 2.75) is 32.3 Å². The molecule has 5 heteroatoms. The standard InChI is InChI=1S/C29H31NO4/c1-4-7-8-12-23(6-3)27(21-31)34-28(32)20-17-22-15-18-25(19-16-22)30-29(33)26-14-10-9-13-24(26)11-5-2/h4-10,12-16,18-19,21,23,27H,2-3,11,17,20H2,1H3,(H,30,33)/b7-4-,12-8?. The Balaban J connectivity index is 1.91. The number of aryl methyl sites for hydroxylation is 1. The third-order valence-corrected chi connectivity index (χ3v) is 5.15. The highest BCUT2D eigenvalue weighted by Crippen LogP contribution is 2.16. The second-order valence-corrected chi connectivity index (χ2v) is 7.62. The number of benzene rings is 2. The number of esters is 1. The van der Waals surface area contributed by atoms with Gasteiger partial charge in [-0.05, 0) is 49.1 Å². The summed E-state index contributed by atoms with van der Waals surface area (Å²) in [5.74, 6) is -1.04. The number of rotatable bonds is 13. The van der Waals surface area contributed by atoms with E-state index in [0.29, 0.717) is 30.4 Å². The molecule has 0 aliphatic heterocycles. The number of nitrogens with one attached hydrogen (secondary N) is 1. The maximum absolute atomic E-state index is 12.7. The summed E-state index contributed by atoms with van der Waals surface area (Å²) in [5, 5.41) is 2.90. The van der Waals surface area contributed by atoms with E-state index in [1.807, 2.05) is 49.4 Å². The van der Waals surface area contributed by atoms with Crippen molar-refractivity contribution in [1.29, 1.82) is 0 Å². The van der Waals surface area contributed by atoms with Gasteiger partial charge in [-0.15, -0.1) is 13.2 Å². The fourth-order valence-corrected chi connectivity index (χ4v) is 3.31. The average molecular weight is 458 g/mol. The Morgan fingerprint density at radius 2 is 1.79 bits per heavy atom. The Kier molecular flexibility index (Phi) is 11.0. The van der Waals surface area contributed by atoms with Gasteiger partial charge < -0.3 is 10.1 Å². The van der Waals surface area contributed by atoms with Gasteiger partial charge in [0.2, 0.25) is 0 Å². The minimum absolute atomic E-state index is 0.132. The van der Waals surface area contributed by atoms with Crippen LogP contribution in [-0.4, -0.2) is 24.3 Å². The van der Waals surface area contributed by atoms with E-state index in [1.54, 1.807) is 42.5 Å². The van der Waals surface area contributed by atoms with Gasteiger partial charge in [0, 0.05) is 23.6 Å². The summed E-state index contributed by atoms with van der Waals surface area (Å²) < 4.78 is 5.34. The third-order valence-electron chi connectivity index (χ3n) is 5.15. The van der Waals surface area contributed by atoms with Gasteiger partial charge in [-0.3, -0.25) is 14.4 Å². The topological polar surface area (TPSA) is 72.5 Å². The highest BCUT2D eigenvalue weighted by molar-refractivity contribution is 6.05. The molecule has 0 bridgehead atoms. The van der Waals surface area contributed by atoms with E-state index < -0.39 is 18.0 Å². The number of hydrogen-bond acceptors (Lipinski definition) is 4. The number of aldehydes is 1. The number of carbonyl (C=O) groups is 3. The number of amides is 1. The Hall–Kier alpha value is -3.99. The second kappa shape index (κ2) is 14.2. The predicted molar refractivity (Wildman–Crippen MR) is 137 cm³/mol. The van der Waals surface area contributed by atoms with Crippen LogP contribution >= 0.6 is 0 Å². The summed E-state index contributed by atoms with van der Waals surface area (Å²) >= 11 is 0. The Morgan fingerprint density at radius 1 is 1.06 bits per heavy atom. The lowest BCUT2D eigenvalue weighted by atomic mass is 10.0. The van der Waals surface area contributed by atoms with Crippen LogP contribution in [0.25, 0.3) is 0 Å². The molecule has 2 aromatic rings. The monoisotopic (exact) mass is 457 g/mol. The molecule has 34 heavy (non-hydrogen) atoms. The van der Waals surface area contributed by atoms with E-state index in [-0.39, 0.29) is 12.3 Å². The minimum atomic E-state index is -0.909. The van der Waals surface area contributed by atoms with Crippen LogP contribution in [0.15, 0.2) is 98.1 Å². The smallest absolute Gasteiger partial charge is 0.306 e. The van der Waals surface area contributed by atoms with Crippen molar-refractivity contribution in [2.24, 2.45) is 5.92 Å². The molecule has 5 nitrogen and oxygen atoms in total. The predicted octanol–water partition coefficient (Wildman–Crippen LogP) is 5.65. The first-order chi connectivity index (χ1) is 16.5. The molecule has 176 valence electrons. The van der Waals surface area contributed by atoms with Crippen molar-refractivity contribution < 1.29 is 19.1 Å². The van der Waals surface area contributed by atoms with Crippen molar-refractivity contribution in [3.8, 4) is 0 Å². The van der Waals surface area contributed by atoms with Crippen LogP contribution < -0.4 is 5.32 Å². The number of allylic oxidation sites excluding steroid dienone is 4. The number of ether oxygens (including phenoxy) is 1. The lowest BCUT2D eigenvalue weighted by Crippen LogP contribution is -2.26. The third kappa shape index (κ3) is 8.17. The molecule has 2 atom stereocenters. The Morgan fingerprint density at radius 3 is 2.44 bits per heavy atom. The zero-order valence-corrected chi connectivity index (χ0v) is 19.5. The lowest BCUT2D eigenvalue weighted by molar-refractivity contribution is -0.152. The molecule has 1 amide bonds. The largest absolute Gasteiger partial charge is 0.454 e. The molecule has 0 heterocycles. The molecule has 2 unspecified atom stereocenters. The molecule has 2 aromatic carbocycles. The van der Waals surface area contributed by atoms with Gasteiger partial charge in [0.1, 0.15) is 0 Å². The first-order valence-electron chi connectivity index (χ1n) is 11.2. The first-order valence-corrected chi connectivity index (χ1v) is 11.2. The van der Waals surface area contributed by atoms with Crippen LogP contribution in [0.3, 0.4) is 0 Å². The number of hydrogen-bond donors (Lipinski definition) is 1. The van der Waals surface area contributed by atoms with Crippen LogP contribution in [0.5, 0.6) is 0 Å². The van der Waals surface area contributed by atoms with Crippen molar-refractivity contribution in [3.63, 3.8) is 0 Å². The summed E-state index contributed by atoms with van der Waals surface area (Å²) in [6.07, 6.45) is 11.5. The number of carbonyl (C=O) groups excluding carboxylic acids is 3. The van der Waals surface area contributed by atoms with Crippen LogP contribution in [0, 0.1) is 5.92 Å². The van der Waals surface area contributed by atoms with E-state index in [0.717, 1.165) is 11.1 Å². The van der Waals surface area contributed by atoms with E-state index >= 15 is 0 Å². The van der Waals surface area contributed by atoms with Crippen molar-refractivity contribution >= 4 is 23.9 Å². The SMILES string of the molecule is C=CCc1ccccc1C(=O)Nc1ccc(CCC(=O)OC(C=O)C(C=C)C=C/C=C\C)cc1. The molecule has 1 N–H and O–H groups in total. The molecule has 0 fully saturated rings. The molecule has 0 spiro atoms. The van der Waals surface area contributed by atoms with Crippen LogP contribution in [0.4, 0.5) is 5.69 Å². The fraction of sp³-hybridized carbons (Fsp3) is 0.207. The van der Waals surface area contributed by atoms with Gasteiger partial charge in [-0.25, -0.2) is 0 Å². The molecule has 0 aliphatic rings. The van der Waals surface area contributed by atoms with Gasteiger partial charge in [-0.2, -0.15) is 0 Å². The second-order valence-electron chi connectivity index (χ2n) is 7.62. The van der Waals surface area contributed by atoms with E-state index in [1.165, 1.54) is 0 Å². The maximum atomic E-state index is 12.7. The molecule has 0 saturated carbocycles. The van der Waals surface area contributed by atoms with Gasteiger partial charge in [0.25, 0.3) is 5.91 Å². The number of anilines is 1. The molecular formula is C29H31NO4. The van der Waals surface area contributed by atoms with Gasteiger partial charge in [0.15, 0.2) is 12.4 Å². The van der Waals surface area contributed by atoms with Crippen LogP contribution in [0.2, 0.25) is 0 Å². The summed E-state index contributed by atoms with van der Waals surface area (Å²) in [6.45, 7) is 9.33. The Labute approximate surface area is 201 Å². The van der Waals surface area contributed by atoms with E-state index in [2.05, 4.69) is 18.5 Å². The van der Waals surface area contributed by atoms with Gasteiger partial charge in [-0.1, -0.05) is 66.8 Å². The molecular weight excluding hydrogens is 426 g/mol. The molecule has 0 radical (unpaired) electrons. The van der Waals surface area contributed by atoms with Gasteiger partial charge >= 0.3 is 5.97 Å². The van der Waals surface area contributed by atoms with Crippen molar-refractivity contribution in [1.82, 2.24) is 0 Å². The highest BCUT2D eigenvalue weighted by atomic mass is 16.5. The normalized spacial score (nSPS) is 12.7. The highest BCUT2D eigenvalue weighted by Gasteiger charge is 2.20. The molecule has 0 saturated heterocycles.